The van der Waals surface area contributed by atoms with Crippen LogP contribution >= 0.6 is 0 Å². The summed E-state index contributed by atoms with van der Waals surface area (Å²) in [6.45, 7) is 3.14. The topological polar surface area (TPSA) is 55.6 Å². The van der Waals surface area contributed by atoms with Gasteiger partial charge in [0.15, 0.2) is 0 Å². The Hall–Kier alpha value is -0.610. The van der Waals surface area contributed by atoms with Crippen molar-refractivity contribution in [2.75, 3.05) is 27.3 Å². The number of hydrogen-bond acceptors (Lipinski definition) is 3. The van der Waals surface area contributed by atoms with Crippen molar-refractivity contribution >= 4 is 5.91 Å². The normalized spacial score (nSPS) is 20.8. The van der Waals surface area contributed by atoms with Gasteiger partial charge < -0.3 is 15.4 Å². The summed E-state index contributed by atoms with van der Waals surface area (Å²) >= 11 is 0. The molecular formula is C12H24N2O2. The number of methoxy groups -OCH3 is 1. The molecule has 0 spiro atoms. The Bertz CT molecular complexity index is 237. The first-order valence-electron chi connectivity index (χ1n) is 6.00. The third-order valence-electron chi connectivity index (χ3n) is 3.46. The fraction of sp³-hybridized carbons (Fsp3) is 0.917. The zero-order chi connectivity index (χ0) is 12.2. The zero-order valence-corrected chi connectivity index (χ0v) is 10.7. The van der Waals surface area contributed by atoms with E-state index in [9.17, 15) is 4.79 Å². The predicted molar refractivity (Wildman–Crippen MR) is 64.1 cm³/mol. The summed E-state index contributed by atoms with van der Waals surface area (Å²) in [5.74, 6) is 0.233. The first kappa shape index (κ1) is 13.5. The Balaban J connectivity index is 2.46. The van der Waals surface area contributed by atoms with E-state index >= 15 is 0 Å². The number of hydrogen-bond donors (Lipinski definition) is 1. The van der Waals surface area contributed by atoms with Crippen LogP contribution in [0.3, 0.4) is 0 Å². The number of rotatable bonds is 5. The second-order valence-corrected chi connectivity index (χ2v) is 5.17. The second kappa shape index (κ2) is 5.64. The first-order valence-corrected chi connectivity index (χ1v) is 6.00. The second-order valence-electron chi connectivity index (χ2n) is 5.17. The van der Waals surface area contributed by atoms with Gasteiger partial charge in [-0.2, -0.15) is 0 Å². The zero-order valence-electron chi connectivity index (χ0n) is 10.7. The van der Waals surface area contributed by atoms with E-state index in [2.05, 4.69) is 6.92 Å². The number of amides is 1. The van der Waals surface area contributed by atoms with E-state index in [4.69, 9.17) is 10.5 Å². The molecular weight excluding hydrogens is 204 g/mol. The summed E-state index contributed by atoms with van der Waals surface area (Å²) in [5, 5.41) is 0. The van der Waals surface area contributed by atoms with Crippen LogP contribution in [0.4, 0.5) is 0 Å². The van der Waals surface area contributed by atoms with Gasteiger partial charge in [0.05, 0.1) is 6.61 Å². The van der Waals surface area contributed by atoms with Crippen molar-refractivity contribution in [3.63, 3.8) is 0 Å². The van der Waals surface area contributed by atoms with Crippen LogP contribution in [0.2, 0.25) is 0 Å². The Morgan fingerprint density at radius 2 is 2.06 bits per heavy atom. The Morgan fingerprint density at radius 1 is 1.50 bits per heavy atom. The Labute approximate surface area is 98.1 Å². The Kier molecular flexibility index (Phi) is 4.74. The molecule has 1 unspecified atom stereocenters. The van der Waals surface area contributed by atoms with Crippen LogP contribution in [-0.4, -0.2) is 44.2 Å². The first-order chi connectivity index (χ1) is 7.49. The smallest absolute Gasteiger partial charge is 0.228 e. The molecule has 0 aliphatic heterocycles. The number of nitrogens with zero attached hydrogens (tertiary/aromatic N) is 1. The summed E-state index contributed by atoms with van der Waals surface area (Å²) in [7, 11) is 3.46. The molecule has 4 heteroatoms. The highest BCUT2D eigenvalue weighted by Crippen LogP contribution is 2.38. The molecule has 0 bridgehead atoms. The third-order valence-corrected chi connectivity index (χ3v) is 3.46. The average Bonchev–Trinajstić information content (AvgIpc) is 2.65. The van der Waals surface area contributed by atoms with Crippen LogP contribution in [0.5, 0.6) is 0 Å². The van der Waals surface area contributed by atoms with Gasteiger partial charge in [-0.15, -0.1) is 0 Å². The van der Waals surface area contributed by atoms with Gasteiger partial charge in [-0.3, -0.25) is 4.79 Å². The van der Waals surface area contributed by atoms with Gasteiger partial charge in [0, 0.05) is 32.2 Å². The molecule has 2 N–H and O–H groups in total. The molecule has 1 amide bonds. The minimum atomic E-state index is -0.151. The van der Waals surface area contributed by atoms with E-state index in [1.807, 2.05) is 7.05 Å². The molecule has 1 aliphatic carbocycles. The van der Waals surface area contributed by atoms with Crippen molar-refractivity contribution in [1.82, 2.24) is 4.90 Å². The van der Waals surface area contributed by atoms with Crippen molar-refractivity contribution in [2.45, 2.75) is 38.6 Å². The molecule has 0 heterocycles. The predicted octanol–water partition coefficient (Wildman–Crippen LogP) is 0.999. The molecule has 0 saturated heterocycles. The van der Waals surface area contributed by atoms with Crippen molar-refractivity contribution < 1.29 is 9.53 Å². The number of carbonyl (C=O) groups is 1. The lowest BCUT2D eigenvalue weighted by molar-refractivity contribution is -0.139. The highest BCUT2D eigenvalue weighted by Gasteiger charge is 2.38. The Morgan fingerprint density at radius 3 is 2.56 bits per heavy atom. The lowest BCUT2D eigenvalue weighted by Crippen LogP contribution is -2.45. The van der Waals surface area contributed by atoms with E-state index in [0.29, 0.717) is 13.2 Å². The van der Waals surface area contributed by atoms with Crippen LogP contribution in [0.1, 0.15) is 32.6 Å². The van der Waals surface area contributed by atoms with Gasteiger partial charge in [-0.25, -0.2) is 0 Å². The molecule has 0 aromatic rings. The molecule has 4 nitrogen and oxygen atoms in total. The van der Waals surface area contributed by atoms with Gasteiger partial charge in [-0.05, 0) is 12.8 Å². The highest BCUT2D eigenvalue weighted by atomic mass is 16.5. The van der Waals surface area contributed by atoms with E-state index in [1.54, 1.807) is 12.0 Å². The molecule has 1 fully saturated rings. The molecule has 0 aromatic carbocycles. The molecule has 16 heavy (non-hydrogen) atoms. The van der Waals surface area contributed by atoms with Gasteiger partial charge in [0.2, 0.25) is 5.91 Å². The maximum atomic E-state index is 12.2. The lowest BCUT2D eigenvalue weighted by atomic mass is 9.87. The number of nitrogens with two attached hydrogens (primary N) is 1. The van der Waals surface area contributed by atoms with Gasteiger partial charge in [0.1, 0.15) is 0 Å². The fourth-order valence-electron chi connectivity index (χ4n) is 2.53. The summed E-state index contributed by atoms with van der Waals surface area (Å²) in [4.78, 5) is 14.0. The van der Waals surface area contributed by atoms with Crippen molar-refractivity contribution in [3.8, 4) is 0 Å². The van der Waals surface area contributed by atoms with E-state index in [1.165, 1.54) is 12.8 Å². The maximum absolute atomic E-state index is 12.2. The molecule has 1 atom stereocenters. The summed E-state index contributed by atoms with van der Waals surface area (Å²) in [6.07, 6.45) is 4.35. The van der Waals surface area contributed by atoms with E-state index < -0.39 is 0 Å². The van der Waals surface area contributed by atoms with Crippen LogP contribution in [0.15, 0.2) is 0 Å². The third kappa shape index (κ3) is 3.19. The van der Waals surface area contributed by atoms with Crippen LogP contribution in [-0.2, 0) is 9.53 Å². The van der Waals surface area contributed by atoms with Crippen molar-refractivity contribution in [1.29, 1.82) is 0 Å². The van der Waals surface area contributed by atoms with Crippen LogP contribution in [0, 0.1) is 5.41 Å². The number of ether oxygens (including phenoxy) is 1. The van der Waals surface area contributed by atoms with Crippen molar-refractivity contribution in [2.24, 2.45) is 11.1 Å². The molecule has 1 aliphatic rings. The van der Waals surface area contributed by atoms with Crippen molar-refractivity contribution in [3.05, 3.63) is 0 Å². The number of carbonyl (C=O) groups excluding carboxylic acids is 1. The van der Waals surface area contributed by atoms with Crippen LogP contribution in [0.25, 0.3) is 0 Å². The summed E-state index contributed by atoms with van der Waals surface area (Å²) < 4.78 is 4.97. The van der Waals surface area contributed by atoms with Gasteiger partial charge in [-0.1, -0.05) is 19.8 Å². The summed E-state index contributed by atoms with van der Waals surface area (Å²) in [6, 6.07) is -0.0936. The minimum absolute atomic E-state index is 0.0936. The largest absolute Gasteiger partial charge is 0.383 e. The summed E-state index contributed by atoms with van der Waals surface area (Å²) in [5.41, 5.74) is 5.69. The molecule has 94 valence electrons. The maximum Gasteiger partial charge on any atom is 0.228 e. The SMILES string of the molecule is COCC(N)CN(C)C(=O)C1(C)CCCC1. The number of likely N-dealkylation sites (N-methyl/N-ethyl adjacent to an activating group) is 1. The van der Waals surface area contributed by atoms with Crippen LogP contribution < -0.4 is 5.73 Å². The molecule has 0 aromatic heterocycles. The van der Waals surface area contributed by atoms with Gasteiger partial charge >= 0.3 is 0 Å². The van der Waals surface area contributed by atoms with E-state index in [-0.39, 0.29) is 17.4 Å². The molecule has 1 saturated carbocycles. The quantitative estimate of drug-likeness (QED) is 0.763. The van der Waals surface area contributed by atoms with E-state index in [0.717, 1.165) is 12.8 Å². The minimum Gasteiger partial charge on any atom is -0.383 e. The molecule has 0 radical (unpaired) electrons. The highest BCUT2D eigenvalue weighted by molar-refractivity contribution is 5.82. The monoisotopic (exact) mass is 228 g/mol. The fourth-order valence-corrected chi connectivity index (χ4v) is 2.53. The lowest BCUT2D eigenvalue weighted by Gasteiger charge is -2.30. The molecule has 1 rings (SSSR count). The van der Waals surface area contributed by atoms with Gasteiger partial charge in [0.25, 0.3) is 0 Å². The average molecular weight is 228 g/mol. The standard InChI is InChI=1S/C12H24N2O2/c1-12(6-4-5-7-12)11(15)14(2)8-10(13)9-16-3/h10H,4-9,13H2,1-3H3.